The zero-order valence-corrected chi connectivity index (χ0v) is 18.9. The quantitative estimate of drug-likeness (QED) is 0.689. The number of rotatable bonds is 8. The minimum Gasteiger partial charge on any atom is -0.368 e. The predicted octanol–water partition coefficient (Wildman–Crippen LogP) is 2.27. The molecular formula is C24H36N4O3. The molecule has 1 aromatic rings. The van der Waals surface area contributed by atoms with Crippen LogP contribution >= 0.6 is 0 Å². The molecular weight excluding hydrogens is 392 g/mol. The molecule has 0 aromatic heterocycles. The Kier molecular flexibility index (Phi) is 8.32. The van der Waals surface area contributed by atoms with Crippen molar-refractivity contribution >= 4 is 23.4 Å². The second-order valence-corrected chi connectivity index (χ2v) is 8.52. The Hall–Kier alpha value is -2.57. The van der Waals surface area contributed by atoms with Crippen LogP contribution in [0.25, 0.3) is 0 Å². The Bertz CT molecular complexity index is 740. The fourth-order valence-corrected chi connectivity index (χ4v) is 4.65. The fraction of sp³-hybridized carbons (Fsp3) is 0.625. The van der Waals surface area contributed by atoms with E-state index in [9.17, 15) is 14.4 Å². The number of amides is 3. The molecule has 2 saturated heterocycles. The maximum absolute atomic E-state index is 13.2. The van der Waals surface area contributed by atoms with Crippen LogP contribution in [0.15, 0.2) is 30.3 Å². The molecule has 170 valence electrons. The number of nitrogens with zero attached hydrogens (tertiary/aromatic N) is 3. The van der Waals surface area contributed by atoms with Gasteiger partial charge < -0.3 is 20.0 Å². The van der Waals surface area contributed by atoms with Crippen molar-refractivity contribution in [3.05, 3.63) is 30.3 Å². The third-order valence-electron chi connectivity index (χ3n) is 6.36. The number of para-hydroxylation sites is 1. The summed E-state index contributed by atoms with van der Waals surface area (Å²) in [5.41, 5.74) is 1.16. The topological polar surface area (TPSA) is 73.0 Å². The van der Waals surface area contributed by atoms with Crippen LogP contribution in [0.3, 0.4) is 0 Å². The van der Waals surface area contributed by atoms with E-state index in [0.29, 0.717) is 26.2 Å². The Labute approximate surface area is 185 Å². The summed E-state index contributed by atoms with van der Waals surface area (Å²) in [5.74, 6) is -0.282. The van der Waals surface area contributed by atoms with E-state index >= 15 is 0 Å². The number of hydrogen-bond acceptors (Lipinski definition) is 4. The normalized spacial score (nSPS) is 19.5. The lowest BCUT2D eigenvalue weighted by Gasteiger charge is -2.39. The van der Waals surface area contributed by atoms with Crippen LogP contribution in [0.1, 0.15) is 46.0 Å². The summed E-state index contributed by atoms with van der Waals surface area (Å²) >= 11 is 0. The van der Waals surface area contributed by atoms with Crippen LogP contribution in [0.4, 0.5) is 5.69 Å². The Morgan fingerprint density at radius 3 is 2.26 bits per heavy atom. The summed E-state index contributed by atoms with van der Waals surface area (Å²) in [6.07, 6.45) is 3.59. The molecule has 7 heteroatoms. The van der Waals surface area contributed by atoms with E-state index in [0.717, 1.165) is 44.5 Å². The molecule has 0 bridgehead atoms. The van der Waals surface area contributed by atoms with Gasteiger partial charge in [-0.05, 0) is 25.0 Å². The van der Waals surface area contributed by atoms with Crippen molar-refractivity contribution in [1.82, 2.24) is 15.1 Å². The van der Waals surface area contributed by atoms with Crippen molar-refractivity contribution in [2.45, 2.75) is 52.0 Å². The van der Waals surface area contributed by atoms with E-state index in [2.05, 4.69) is 36.2 Å². The van der Waals surface area contributed by atoms with Crippen molar-refractivity contribution in [1.29, 1.82) is 0 Å². The van der Waals surface area contributed by atoms with Gasteiger partial charge in [-0.3, -0.25) is 14.4 Å². The standard InChI is InChI=1S/C24H36N4O3/c1-3-8-19(9-4-2)24(31)28-13-12-25-23(30)21(28)18-22(29)27-16-14-26(15-17-27)20-10-6-5-7-11-20/h5-7,10-11,19,21H,3-4,8-9,12-18H2,1-2H3,(H,25,30). The Balaban J connectivity index is 1.61. The maximum Gasteiger partial charge on any atom is 0.243 e. The molecule has 1 atom stereocenters. The second kappa shape index (κ2) is 11.2. The SMILES string of the molecule is CCCC(CCC)C(=O)N1CCNC(=O)C1CC(=O)N1CCN(c2ccccc2)CC1. The molecule has 2 aliphatic heterocycles. The summed E-state index contributed by atoms with van der Waals surface area (Å²) in [4.78, 5) is 44.6. The molecule has 3 amide bonds. The molecule has 2 aliphatic rings. The van der Waals surface area contributed by atoms with Gasteiger partial charge in [0, 0.05) is 50.9 Å². The van der Waals surface area contributed by atoms with Gasteiger partial charge in [0.1, 0.15) is 6.04 Å². The molecule has 1 aromatic carbocycles. The summed E-state index contributed by atoms with van der Waals surface area (Å²) in [6.45, 7) is 7.89. The van der Waals surface area contributed by atoms with E-state index in [-0.39, 0.29) is 30.1 Å². The van der Waals surface area contributed by atoms with Crippen LogP contribution in [0, 0.1) is 5.92 Å². The molecule has 2 fully saturated rings. The first-order valence-electron chi connectivity index (χ1n) is 11.7. The fourth-order valence-electron chi connectivity index (χ4n) is 4.65. The third kappa shape index (κ3) is 5.77. The third-order valence-corrected chi connectivity index (χ3v) is 6.36. The lowest BCUT2D eigenvalue weighted by molar-refractivity contribution is -0.149. The molecule has 31 heavy (non-hydrogen) atoms. The van der Waals surface area contributed by atoms with Crippen molar-refractivity contribution in [3.63, 3.8) is 0 Å². The van der Waals surface area contributed by atoms with E-state index in [4.69, 9.17) is 0 Å². The number of hydrogen-bond donors (Lipinski definition) is 1. The van der Waals surface area contributed by atoms with Crippen LogP contribution in [-0.4, -0.2) is 72.8 Å². The largest absolute Gasteiger partial charge is 0.368 e. The lowest BCUT2D eigenvalue weighted by atomic mass is 9.94. The van der Waals surface area contributed by atoms with Crippen LogP contribution in [0.5, 0.6) is 0 Å². The number of anilines is 1. The van der Waals surface area contributed by atoms with Gasteiger partial charge in [-0.1, -0.05) is 44.9 Å². The minimum absolute atomic E-state index is 0.0326. The molecule has 0 radical (unpaired) electrons. The smallest absolute Gasteiger partial charge is 0.243 e. The van der Waals surface area contributed by atoms with E-state index in [1.807, 2.05) is 23.1 Å². The molecule has 1 N–H and O–H groups in total. The predicted molar refractivity (Wildman–Crippen MR) is 122 cm³/mol. The van der Waals surface area contributed by atoms with Gasteiger partial charge in [0.05, 0.1) is 6.42 Å². The molecule has 0 saturated carbocycles. The van der Waals surface area contributed by atoms with Crippen molar-refractivity contribution < 1.29 is 14.4 Å². The summed E-state index contributed by atoms with van der Waals surface area (Å²) < 4.78 is 0. The molecule has 1 unspecified atom stereocenters. The van der Waals surface area contributed by atoms with Crippen LogP contribution in [-0.2, 0) is 14.4 Å². The van der Waals surface area contributed by atoms with Crippen molar-refractivity contribution in [2.24, 2.45) is 5.92 Å². The molecule has 2 heterocycles. The van der Waals surface area contributed by atoms with Gasteiger partial charge in [0.25, 0.3) is 0 Å². The average Bonchev–Trinajstić information content (AvgIpc) is 2.80. The van der Waals surface area contributed by atoms with Gasteiger partial charge >= 0.3 is 0 Å². The monoisotopic (exact) mass is 428 g/mol. The Morgan fingerprint density at radius 1 is 1.00 bits per heavy atom. The first kappa shape index (κ1) is 23.1. The minimum atomic E-state index is -0.697. The molecule has 3 rings (SSSR count). The number of piperazine rings is 2. The highest BCUT2D eigenvalue weighted by Gasteiger charge is 2.38. The number of carbonyl (C=O) groups is 3. The number of nitrogens with one attached hydrogen (secondary N) is 1. The zero-order valence-electron chi connectivity index (χ0n) is 18.9. The van der Waals surface area contributed by atoms with Gasteiger partial charge in [0.2, 0.25) is 17.7 Å². The molecule has 0 spiro atoms. The van der Waals surface area contributed by atoms with Gasteiger partial charge in [-0.25, -0.2) is 0 Å². The molecule has 0 aliphatic carbocycles. The summed E-state index contributed by atoms with van der Waals surface area (Å²) in [5, 5.41) is 2.84. The van der Waals surface area contributed by atoms with Gasteiger partial charge in [0.15, 0.2) is 0 Å². The van der Waals surface area contributed by atoms with E-state index in [1.54, 1.807) is 4.90 Å². The average molecular weight is 429 g/mol. The number of carbonyl (C=O) groups excluding carboxylic acids is 3. The zero-order chi connectivity index (χ0) is 22.2. The van der Waals surface area contributed by atoms with Crippen LogP contribution in [0.2, 0.25) is 0 Å². The summed E-state index contributed by atoms with van der Waals surface area (Å²) in [7, 11) is 0. The first-order chi connectivity index (χ1) is 15.0. The molecule has 7 nitrogen and oxygen atoms in total. The van der Waals surface area contributed by atoms with Crippen molar-refractivity contribution in [2.75, 3.05) is 44.2 Å². The lowest BCUT2D eigenvalue weighted by Crippen LogP contribution is -2.60. The highest BCUT2D eigenvalue weighted by Crippen LogP contribution is 2.22. The second-order valence-electron chi connectivity index (χ2n) is 8.52. The van der Waals surface area contributed by atoms with Gasteiger partial charge in [-0.15, -0.1) is 0 Å². The first-order valence-corrected chi connectivity index (χ1v) is 11.7. The highest BCUT2D eigenvalue weighted by atomic mass is 16.2. The van der Waals surface area contributed by atoms with E-state index in [1.165, 1.54) is 0 Å². The van der Waals surface area contributed by atoms with Crippen LogP contribution < -0.4 is 10.2 Å². The highest BCUT2D eigenvalue weighted by molar-refractivity contribution is 5.93. The van der Waals surface area contributed by atoms with E-state index < -0.39 is 6.04 Å². The summed E-state index contributed by atoms with van der Waals surface area (Å²) in [6, 6.07) is 9.50. The maximum atomic E-state index is 13.2. The van der Waals surface area contributed by atoms with Gasteiger partial charge in [-0.2, -0.15) is 0 Å². The van der Waals surface area contributed by atoms with Crippen molar-refractivity contribution in [3.8, 4) is 0 Å². The number of benzene rings is 1. The Morgan fingerprint density at radius 2 is 1.65 bits per heavy atom.